The van der Waals surface area contributed by atoms with E-state index in [4.69, 9.17) is 9.15 Å². The van der Waals surface area contributed by atoms with Crippen molar-refractivity contribution >= 4 is 28.6 Å². The number of rotatable bonds is 3. The lowest BCUT2D eigenvalue weighted by molar-refractivity contribution is -0.00641. The van der Waals surface area contributed by atoms with Crippen molar-refractivity contribution in [2.45, 2.75) is 26.1 Å². The predicted molar refractivity (Wildman–Crippen MR) is 101 cm³/mol. The number of hydrogen-bond donors (Lipinski definition) is 1. The van der Waals surface area contributed by atoms with Crippen molar-refractivity contribution in [3.8, 4) is 6.07 Å². The van der Waals surface area contributed by atoms with Gasteiger partial charge in [0.05, 0.1) is 28.8 Å². The molecule has 0 saturated carbocycles. The average Bonchev–Trinajstić information content (AvgIpc) is 3.25. The number of nitriles is 1. The molecule has 2 atom stereocenters. The van der Waals surface area contributed by atoms with Crippen LogP contribution >= 0.6 is 0 Å². The Morgan fingerprint density at radius 1 is 1.23 bits per heavy atom. The minimum Gasteiger partial charge on any atom is -0.441 e. The SMILES string of the molecule is C[C@H]1CN(c2ccc(/C=C(\C#N)c3nc4ccccc4[nH]3)o2)C[C@H](C)O1. The van der Waals surface area contributed by atoms with Crippen LogP contribution in [-0.2, 0) is 4.74 Å². The number of anilines is 1. The summed E-state index contributed by atoms with van der Waals surface area (Å²) in [7, 11) is 0. The van der Waals surface area contributed by atoms with Gasteiger partial charge in [-0.15, -0.1) is 0 Å². The van der Waals surface area contributed by atoms with Gasteiger partial charge >= 0.3 is 0 Å². The minimum atomic E-state index is 0.160. The summed E-state index contributed by atoms with van der Waals surface area (Å²) in [5.74, 6) is 1.96. The molecule has 1 fully saturated rings. The number of aromatic nitrogens is 2. The number of fused-ring (bicyclic) bond motifs is 1. The van der Waals surface area contributed by atoms with Gasteiger partial charge in [-0.1, -0.05) is 12.1 Å². The number of imidazole rings is 1. The van der Waals surface area contributed by atoms with Gasteiger partial charge in [-0.3, -0.25) is 0 Å². The van der Waals surface area contributed by atoms with Gasteiger partial charge in [0.2, 0.25) is 0 Å². The van der Waals surface area contributed by atoms with Crippen LogP contribution in [0.4, 0.5) is 5.88 Å². The lowest BCUT2D eigenvalue weighted by Crippen LogP contribution is -2.45. The van der Waals surface area contributed by atoms with Gasteiger partial charge in [0.25, 0.3) is 0 Å². The van der Waals surface area contributed by atoms with Gasteiger partial charge < -0.3 is 19.0 Å². The van der Waals surface area contributed by atoms with Crippen molar-refractivity contribution in [3.05, 3.63) is 48.0 Å². The maximum atomic E-state index is 9.54. The fraction of sp³-hybridized carbons (Fsp3) is 0.300. The standard InChI is InChI=1S/C20H20N4O2/c1-13-11-24(12-14(2)25-13)19-8-7-16(26-19)9-15(10-21)20-22-17-5-3-4-6-18(17)23-20/h3-9,13-14H,11-12H2,1-2H3,(H,22,23)/b15-9+/t13-,14-/m0/s1. The van der Waals surface area contributed by atoms with Crippen LogP contribution in [0.5, 0.6) is 0 Å². The molecule has 1 aliphatic heterocycles. The fourth-order valence-corrected chi connectivity index (χ4v) is 3.32. The topological polar surface area (TPSA) is 78.1 Å². The summed E-state index contributed by atoms with van der Waals surface area (Å²) in [5, 5.41) is 9.54. The molecule has 2 aromatic heterocycles. The molecule has 0 aliphatic carbocycles. The number of nitrogens with zero attached hydrogens (tertiary/aromatic N) is 3. The van der Waals surface area contributed by atoms with Crippen molar-refractivity contribution in [1.82, 2.24) is 9.97 Å². The molecule has 0 unspecified atom stereocenters. The monoisotopic (exact) mass is 348 g/mol. The third-order valence-corrected chi connectivity index (χ3v) is 4.40. The van der Waals surface area contributed by atoms with E-state index in [0.29, 0.717) is 17.2 Å². The first-order valence-corrected chi connectivity index (χ1v) is 8.69. The van der Waals surface area contributed by atoms with E-state index < -0.39 is 0 Å². The minimum absolute atomic E-state index is 0.160. The summed E-state index contributed by atoms with van der Waals surface area (Å²) in [6.07, 6.45) is 2.04. The molecule has 3 heterocycles. The molecule has 0 amide bonds. The molecular weight excluding hydrogens is 328 g/mol. The van der Waals surface area contributed by atoms with Crippen LogP contribution in [0.25, 0.3) is 22.7 Å². The first-order chi connectivity index (χ1) is 12.6. The third kappa shape index (κ3) is 3.22. The molecule has 26 heavy (non-hydrogen) atoms. The zero-order valence-corrected chi connectivity index (χ0v) is 14.8. The Kier molecular flexibility index (Phi) is 4.23. The second-order valence-electron chi connectivity index (χ2n) is 6.61. The maximum Gasteiger partial charge on any atom is 0.196 e. The Morgan fingerprint density at radius 3 is 2.73 bits per heavy atom. The second kappa shape index (κ2) is 6.70. The second-order valence-corrected chi connectivity index (χ2v) is 6.61. The highest BCUT2D eigenvalue weighted by Gasteiger charge is 2.24. The number of furan rings is 1. The molecule has 1 saturated heterocycles. The highest BCUT2D eigenvalue weighted by atomic mass is 16.5. The van der Waals surface area contributed by atoms with E-state index in [9.17, 15) is 5.26 Å². The highest BCUT2D eigenvalue weighted by Crippen LogP contribution is 2.26. The predicted octanol–water partition coefficient (Wildman–Crippen LogP) is 3.83. The number of para-hydroxylation sites is 2. The van der Waals surface area contributed by atoms with E-state index in [1.54, 1.807) is 6.08 Å². The number of benzene rings is 1. The number of allylic oxidation sites excluding steroid dienone is 1. The molecule has 6 heteroatoms. The van der Waals surface area contributed by atoms with Crippen molar-refractivity contribution in [2.75, 3.05) is 18.0 Å². The Hall–Kier alpha value is -3.04. The van der Waals surface area contributed by atoms with E-state index in [1.165, 1.54) is 0 Å². The van der Waals surface area contributed by atoms with Crippen LogP contribution in [0.1, 0.15) is 25.4 Å². The Morgan fingerprint density at radius 2 is 2.00 bits per heavy atom. The Balaban J connectivity index is 1.61. The molecule has 6 nitrogen and oxygen atoms in total. The normalized spacial score (nSPS) is 21.1. The molecule has 0 radical (unpaired) electrons. The highest BCUT2D eigenvalue weighted by molar-refractivity contribution is 5.89. The van der Waals surface area contributed by atoms with E-state index in [0.717, 1.165) is 30.0 Å². The van der Waals surface area contributed by atoms with Crippen LogP contribution in [0.3, 0.4) is 0 Å². The van der Waals surface area contributed by atoms with Gasteiger partial charge in [-0.2, -0.15) is 5.26 Å². The van der Waals surface area contributed by atoms with E-state index in [1.807, 2.05) is 36.4 Å². The number of aromatic amines is 1. The van der Waals surface area contributed by atoms with Crippen molar-refractivity contribution in [2.24, 2.45) is 0 Å². The summed E-state index contributed by atoms with van der Waals surface area (Å²) in [6, 6.07) is 13.7. The molecule has 1 aromatic carbocycles. The number of morpholine rings is 1. The number of ether oxygens (including phenoxy) is 1. The van der Waals surface area contributed by atoms with Crippen LogP contribution in [0, 0.1) is 11.3 Å². The van der Waals surface area contributed by atoms with Gasteiger partial charge in [-0.05, 0) is 32.0 Å². The summed E-state index contributed by atoms with van der Waals surface area (Å²) < 4.78 is 11.7. The largest absolute Gasteiger partial charge is 0.441 e. The summed E-state index contributed by atoms with van der Waals surface area (Å²) >= 11 is 0. The number of nitrogens with one attached hydrogen (secondary N) is 1. The molecule has 1 aliphatic rings. The zero-order valence-electron chi connectivity index (χ0n) is 14.8. The van der Waals surface area contributed by atoms with Crippen molar-refractivity contribution in [1.29, 1.82) is 5.26 Å². The fourth-order valence-electron chi connectivity index (χ4n) is 3.32. The van der Waals surface area contributed by atoms with Gasteiger partial charge in [0.15, 0.2) is 5.88 Å². The lowest BCUT2D eigenvalue weighted by Gasteiger charge is -2.35. The maximum absolute atomic E-state index is 9.54. The van der Waals surface area contributed by atoms with Gasteiger partial charge in [0.1, 0.15) is 17.7 Å². The Labute approximate surface area is 151 Å². The quantitative estimate of drug-likeness (QED) is 0.728. The lowest BCUT2D eigenvalue weighted by atomic mass is 10.2. The summed E-state index contributed by atoms with van der Waals surface area (Å²) in [6.45, 7) is 5.69. The summed E-state index contributed by atoms with van der Waals surface area (Å²) in [5.41, 5.74) is 2.17. The van der Waals surface area contributed by atoms with Crippen LogP contribution in [0.15, 0.2) is 40.8 Å². The number of hydrogen-bond acceptors (Lipinski definition) is 5. The third-order valence-electron chi connectivity index (χ3n) is 4.40. The molecule has 0 spiro atoms. The van der Waals surface area contributed by atoms with Crippen molar-refractivity contribution in [3.63, 3.8) is 0 Å². The van der Waals surface area contributed by atoms with Crippen LogP contribution < -0.4 is 4.90 Å². The number of H-pyrrole nitrogens is 1. The molecule has 0 bridgehead atoms. The summed E-state index contributed by atoms with van der Waals surface area (Å²) in [4.78, 5) is 9.83. The zero-order chi connectivity index (χ0) is 18.1. The molecular formula is C20H20N4O2. The Bertz CT molecular complexity index is 952. The molecule has 3 aromatic rings. The molecule has 1 N–H and O–H groups in total. The van der Waals surface area contributed by atoms with Crippen molar-refractivity contribution < 1.29 is 9.15 Å². The van der Waals surface area contributed by atoms with E-state index in [-0.39, 0.29) is 12.2 Å². The molecule has 132 valence electrons. The van der Waals surface area contributed by atoms with Gasteiger partial charge in [0, 0.05) is 25.2 Å². The smallest absolute Gasteiger partial charge is 0.196 e. The van der Waals surface area contributed by atoms with E-state index >= 15 is 0 Å². The van der Waals surface area contributed by atoms with Crippen LogP contribution in [-0.4, -0.2) is 35.3 Å². The van der Waals surface area contributed by atoms with Crippen LogP contribution in [0.2, 0.25) is 0 Å². The molecule has 4 rings (SSSR count). The first kappa shape index (κ1) is 16.4. The van der Waals surface area contributed by atoms with Gasteiger partial charge in [-0.25, -0.2) is 4.98 Å². The first-order valence-electron chi connectivity index (χ1n) is 8.69. The van der Waals surface area contributed by atoms with E-state index in [2.05, 4.69) is 34.8 Å². The average molecular weight is 348 g/mol.